The van der Waals surface area contributed by atoms with Crippen LogP contribution in [0.5, 0.6) is 0 Å². The van der Waals surface area contributed by atoms with Gasteiger partial charge >= 0.3 is 0 Å². The Morgan fingerprint density at radius 3 is 2.87 bits per heavy atom. The average molecular weight is 219 g/mol. The van der Waals surface area contributed by atoms with Crippen LogP contribution >= 0.6 is 11.3 Å². The van der Waals surface area contributed by atoms with E-state index in [1.807, 2.05) is 30.6 Å². The van der Waals surface area contributed by atoms with E-state index in [0.29, 0.717) is 0 Å². The van der Waals surface area contributed by atoms with Gasteiger partial charge in [-0.1, -0.05) is 6.07 Å². The van der Waals surface area contributed by atoms with Crippen molar-refractivity contribution in [3.05, 3.63) is 46.2 Å². The smallest absolute Gasteiger partial charge is 0.107 e. The summed E-state index contributed by atoms with van der Waals surface area (Å²) >= 11 is 1.73. The Labute approximate surface area is 93.2 Å². The summed E-state index contributed by atoms with van der Waals surface area (Å²) in [5.74, 6) is 0. The molecule has 0 aromatic carbocycles. The van der Waals surface area contributed by atoms with Crippen molar-refractivity contribution in [1.29, 1.82) is 0 Å². The third-order valence-electron chi connectivity index (χ3n) is 1.98. The molecule has 15 heavy (non-hydrogen) atoms. The lowest BCUT2D eigenvalue weighted by Crippen LogP contribution is -2.13. The number of rotatable bonds is 4. The quantitative estimate of drug-likeness (QED) is 0.856. The fourth-order valence-corrected chi connectivity index (χ4v) is 2.04. The van der Waals surface area contributed by atoms with E-state index in [0.717, 1.165) is 23.8 Å². The zero-order valence-electron chi connectivity index (χ0n) is 8.60. The maximum Gasteiger partial charge on any atom is 0.107 e. The summed E-state index contributed by atoms with van der Waals surface area (Å²) in [6.45, 7) is 3.68. The van der Waals surface area contributed by atoms with Crippen LogP contribution in [-0.4, -0.2) is 9.97 Å². The van der Waals surface area contributed by atoms with Crippen molar-refractivity contribution in [3.63, 3.8) is 0 Å². The first kappa shape index (κ1) is 10.3. The van der Waals surface area contributed by atoms with Gasteiger partial charge in [-0.3, -0.25) is 4.98 Å². The van der Waals surface area contributed by atoms with Crippen LogP contribution in [0.1, 0.15) is 15.6 Å². The molecule has 2 rings (SSSR count). The zero-order valence-corrected chi connectivity index (χ0v) is 9.42. The molecule has 2 aromatic rings. The lowest BCUT2D eigenvalue weighted by atomic mass is 10.3. The number of nitrogens with one attached hydrogen (secondary N) is 1. The van der Waals surface area contributed by atoms with Crippen molar-refractivity contribution in [3.8, 4) is 0 Å². The van der Waals surface area contributed by atoms with Gasteiger partial charge < -0.3 is 5.32 Å². The fourth-order valence-electron chi connectivity index (χ4n) is 1.28. The van der Waals surface area contributed by atoms with Crippen LogP contribution in [0.2, 0.25) is 0 Å². The first-order valence-corrected chi connectivity index (χ1v) is 5.68. The van der Waals surface area contributed by atoms with Crippen LogP contribution in [-0.2, 0) is 13.1 Å². The molecule has 4 heteroatoms. The number of hydrogen-bond acceptors (Lipinski definition) is 4. The summed E-state index contributed by atoms with van der Waals surface area (Å²) in [5, 5.41) is 4.44. The zero-order chi connectivity index (χ0) is 10.5. The Morgan fingerprint density at radius 1 is 1.27 bits per heavy atom. The molecule has 0 spiro atoms. The normalized spacial score (nSPS) is 10.5. The molecule has 78 valence electrons. The monoisotopic (exact) mass is 219 g/mol. The van der Waals surface area contributed by atoms with Crippen molar-refractivity contribution in [2.45, 2.75) is 20.0 Å². The topological polar surface area (TPSA) is 37.8 Å². The molecule has 2 aromatic heterocycles. The molecule has 0 unspecified atom stereocenters. The number of aromatic nitrogens is 2. The van der Waals surface area contributed by atoms with Crippen LogP contribution in [0.15, 0.2) is 30.6 Å². The van der Waals surface area contributed by atoms with Crippen molar-refractivity contribution in [1.82, 2.24) is 15.3 Å². The number of aryl methyl sites for hydroxylation is 1. The van der Waals surface area contributed by atoms with Crippen LogP contribution < -0.4 is 5.32 Å². The van der Waals surface area contributed by atoms with Gasteiger partial charge in [0, 0.05) is 30.4 Å². The molecule has 0 saturated heterocycles. The average Bonchev–Trinajstić information content (AvgIpc) is 2.66. The highest BCUT2D eigenvalue weighted by Gasteiger charge is 1.98. The molecular weight excluding hydrogens is 206 g/mol. The maximum absolute atomic E-state index is 4.28. The molecule has 0 amide bonds. The molecular formula is C11H13N3S. The van der Waals surface area contributed by atoms with E-state index in [-0.39, 0.29) is 0 Å². The van der Waals surface area contributed by atoms with Crippen molar-refractivity contribution in [2.24, 2.45) is 0 Å². The van der Waals surface area contributed by atoms with E-state index < -0.39 is 0 Å². The van der Waals surface area contributed by atoms with E-state index in [4.69, 9.17) is 0 Å². The second-order valence-electron chi connectivity index (χ2n) is 3.29. The summed E-state index contributed by atoms with van der Waals surface area (Å²) in [4.78, 5) is 9.77. The van der Waals surface area contributed by atoms with E-state index in [9.17, 15) is 0 Å². The summed E-state index contributed by atoms with van der Waals surface area (Å²) in [5.41, 5.74) is 1.06. The largest absolute Gasteiger partial charge is 0.305 e. The second kappa shape index (κ2) is 5.00. The van der Waals surface area contributed by atoms with E-state index in [1.54, 1.807) is 11.3 Å². The number of hydrogen-bond donors (Lipinski definition) is 1. The van der Waals surface area contributed by atoms with Gasteiger partial charge in [0.25, 0.3) is 0 Å². The molecule has 0 aliphatic rings. The maximum atomic E-state index is 4.28. The molecule has 0 aliphatic heterocycles. The predicted molar refractivity (Wildman–Crippen MR) is 61.6 cm³/mol. The predicted octanol–water partition coefficient (Wildman–Crippen LogP) is 2.14. The molecule has 0 bridgehead atoms. The van der Waals surface area contributed by atoms with Gasteiger partial charge in [0.1, 0.15) is 5.01 Å². The van der Waals surface area contributed by atoms with Gasteiger partial charge in [0.2, 0.25) is 0 Å². The molecule has 3 nitrogen and oxygen atoms in total. The Kier molecular flexibility index (Phi) is 3.42. The number of nitrogens with zero attached hydrogens (tertiary/aromatic N) is 2. The van der Waals surface area contributed by atoms with Gasteiger partial charge in [0.15, 0.2) is 0 Å². The lowest BCUT2D eigenvalue weighted by Gasteiger charge is -2.00. The summed E-state index contributed by atoms with van der Waals surface area (Å²) in [7, 11) is 0. The molecule has 0 atom stereocenters. The van der Waals surface area contributed by atoms with Crippen LogP contribution in [0, 0.1) is 6.92 Å². The van der Waals surface area contributed by atoms with Gasteiger partial charge in [-0.2, -0.15) is 0 Å². The number of thiazole rings is 1. The standard InChI is InChI=1S/C11H13N3S/c1-9-6-14-11(15-9)8-12-7-10-4-2-3-5-13-10/h2-6,12H,7-8H2,1H3. The fraction of sp³-hybridized carbons (Fsp3) is 0.273. The highest BCUT2D eigenvalue weighted by molar-refractivity contribution is 7.11. The number of pyridine rings is 1. The minimum atomic E-state index is 0.791. The minimum Gasteiger partial charge on any atom is -0.305 e. The second-order valence-corrected chi connectivity index (χ2v) is 4.61. The van der Waals surface area contributed by atoms with E-state index >= 15 is 0 Å². The SMILES string of the molecule is Cc1cnc(CNCc2ccccn2)s1. The third kappa shape index (κ3) is 3.11. The van der Waals surface area contributed by atoms with Crippen LogP contribution in [0.4, 0.5) is 0 Å². The van der Waals surface area contributed by atoms with Gasteiger partial charge in [-0.05, 0) is 19.1 Å². The van der Waals surface area contributed by atoms with E-state index in [2.05, 4.69) is 22.2 Å². The van der Waals surface area contributed by atoms with Crippen LogP contribution in [0.3, 0.4) is 0 Å². The van der Waals surface area contributed by atoms with Gasteiger partial charge in [-0.25, -0.2) is 4.98 Å². The Balaban J connectivity index is 1.80. The minimum absolute atomic E-state index is 0.791. The first-order valence-electron chi connectivity index (χ1n) is 4.86. The third-order valence-corrected chi connectivity index (χ3v) is 2.89. The molecule has 0 saturated carbocycles. The highest BCUT2D eigenvalue weighted by atomic mass is 32.1. The van der Waals surface area contributed by atoms with Crippen molar-refractivity contribution >= 4 is 11.3 Å². The Hall–Kier alpha value is -1.26. The lowest BCUT2D eigenvalue weighted by molar-refractivity contribution is 0.677. The molecule has 1 N–H and O–H groups in total. The van der Waals surface area contributed by atoms with Gasteiger partial charge in [-0.15, -0.1) is 11.3 Å². The van der Waals surface area contributed by atoms with Crippen molar-refractivity contribution < 1.29 is 0 Å². The Morgan fingerprint density at radius 2 is 2.20 bits per heavy atom. The van der Waals surface area contributed by atoms with E-state index in [1.165, 1.54) is 4.88 Å². The molecule has 2 heterocycles. The summed E-state index contributed by atoms with van der Waals surface area (Å²) in [6.07, 6.45) is 3.72. The van der Waals surface area contributed by atoms with Gasteiger partial charge in [0.05, 0.1) is 5.69 Å². The summed E-state index contributed by atoms with van der Waals surface area (Å²) in [6, 6.07) is 5.94. The molecule has 0 fully saturated rings. The molecule has 0 radical (unpaired) electrons. The Bertz CT molecular complexity index is 411. The molecule has 0 aliphatic carbocycles. The first-order chi connectivity index (χ1) is 7.34. The highest BCUT2D eigenvalue weighted by Crippen LogP contribution is 2.10. The summed E-state index contributed by atoms with van der Waals surface area (Å²) < 4.78 is 0. The van der Waals surface area contributed by atoms with Crippen molar-refractivity contribution in [2.75, 3.05) is 0 Å². The van der Waals surface area contributed by atoms with Crippen LogP contribution in [0.25, 0.3) is 0 Å².